The molecule has 0 fully saturated rings. The first-order valence-corrected chi connectivity index (χ1v) is 17.9. The van der Waals surface area contributed by atoms with Gasteiger partial charge in [-0.1, -0.05) is 18.6 Å². The summed E-state index contributed by atoms with van der Waals surface area (Å²) in [6.07, 6.45) is 4.53. The lowest BCUT2D eigenvalue weighted by molar-refractivity contribution is 0.0994. The molecule has 0 saturated carbocycles. The van der Waals surface area contributed by atoms with Gasteiger partial charge in [-0.15, -0.1) is 0 Å². The van der Waals surface area contributed by atoms with Gasteiger partial charge in [-0.05, 0) is 88.8 Å². The van der Waals surface area contributed by atoms with Gasteiger partial charge in [0, 0.05) is 43.9 Å². The van der Waals surface area contributed by atoms with E-state index in [1.807, 2.05) is 54.2 Å². The second-order valence-electron chi connectivity index (χ2n) is 13.3. The number of anilines is 2. The first kappa shape index (κ1) is 34.6. The summed E-state index contributed by atoms with van der Waals surface area (Å²) in [7, 11) is 0. The maximum absolute atomic E-state index is 14.1. The SMILES string of the molecule is CCn1nc(C)c2c1C(=O)Nc1nc3cc(C(N)=O)ccc3n1CCCCn1c(nc3c(CN)cccc31)NC(=O)c1cc(C)nn1CCCCC2. The van der Waals surface area contributed by atoms with Crippen LogP contribution in [0.15, 0.2) is 42.5 Å². The molecule has 7 rings (SSSR count). The van der Waals surface area contributed by atoms with E-state index in [2.05, 4.69) is 15.7 Å². The van der Waals surface area contributed by atoms with Gasteiger partial charge in [-0.3, -0.25) is 34.4 Å². The minimum absolute atomic E-state index is 0.279. The molecule has 6 aromatic rings. The zero-order valence-electron chi connectivity index (χ0n) is 29.8. The monoisotopic (exact) mass is 704 g/mol. The van der Waals surface area contributed by atoms with Crippen LogP contribution in [0.1, 0.15) is 92.9 Å². The van der Waals surface area contributed by atoms with Crippen LogP contribution in [0.4, 0.5) is 11.9 Å². The summed E-state index contributed by atoms with van der Waals surface area (Å²) in [5.74, 6) is -0.310. The molecule has 1 aliphatic heterocycles. The molecule has 15 heteroatoms. The van der Waals surface area contributed by atoms with Gasteiger partial charge < -0.3 is 20.6 Å². The number of amides is 3. The van der Waals surface area contributed by atoms with Gasteiger partial charge in [0.05, 0.1) is 33.5 Å². The van der Waals surface area contributed by atoms with Crippen molar-refractivity contribution >= 4 is 51.7 Å². The number of imidazole rings is 2. The van der Waals surface area contributed by atoms with Gasteiger partial charge in [-0.25, -0.2) is 9.97 Å². The van der Waals surface area contributed by atoms with Crippen molar-refractivity contribution in [1.82, 2.24) is 38.7 Å². The van der Waals surface area contributed by atoms with Crippen molar-refractivity contribution in [2.45, 2.75) is 92.0 Å². The third kappa shape index (κ3) is 6.54. The Morgan fingerprint density at radius 3 is 2.33 bits per heavy atom. The fourth-order valence-corrected chi connectivity index (χ4v) is 7.20. The Morgan fingerprint density at radius 2 is 1.58 bits per heavy atom. The summed E-state index contributed by atoms with van der Waals surface area (Å²) < 4.78 is 7.49. The third-order valence-corrected chi connectivity index (χ3v) is 9.78. The maximum atomic E-state index is 14.1. The molecule has 270 valence electrons. The summed E-state index contributed by atoms with van der Waals surface area (Å²) in [4.78, 5) is 49.6. The summed E-state index contributed by atoms with van der Waals surface area (Å²) in [5.41, 5.74) is 19.3. The number of carbonyl (C=O) groups excluding carboxylic acids is 3. The number of benzene rings is 2. The van der Waals surface area contributed by atoms with E-state index in [1.54, 1.807) is 27.6 Å². The topological polar surface area (TPSA) is 199 Å². The Morgan fingerprint density at radius 1 is 0.846 bits per heavy atom. The fraction of sp³-hybridized carbons (Fsp3) is 0.378. The molecule has 3 amide bonds. The van der Waals surface area contributed by atoms with Gasteiger partial charge in [0.15, 0.2) is 0 Å². The van der Waals surface area contributed by atoms with E-state index >= 15 is 0 Å². The number of fused-ring (bicyclic) bond motifs is 8. The summed E-state index contributed by atoms with van der Waals surface area (Å²) in [5, 5.41) is 15.5. The van der Waals surface area contributed by atoms with E-state index in [-0.39, 0.29) is 11.8 Å². The molecule has 0 radical (unpaired) electrons. The second kappa shape index (κ2) is 14.4. The largest absolute Gasteiger partial charge is 0.366 e. The highest BCUT2D eigenvalue weighted by Gasteiger charge is 2.24. The van der Waals surface area contributed by atoms with Crippen LogP contribution in [-0.4, -0.2) is 56.4 Å². The van der Waals surface area contributed by atoms with Crippen molar-refractivity contribution in [2.75, 3.05) is 10.6 Å². The smallest absolute Gasteiger partial charge is 0.276 e. The number of rotatable bonds is 3. The number of nitrogens with one attached hydrogen (secondary N) is 2. The molecule has 15 nitrogen and oxygen atoms in total. The van der Waals surface area contributed by atoms with Gasteiger partial charge in [0.2, 0.25) is 17.8 Å². The van der Waals surface area contributed by atoms with Crippen LogP contribution in [0.5, 0.6) is 0 Å². The van der Waals surface area contributed by atoms with Crippen molar-refractivity contribution in [1.29, 1.82) is 0 Å². The van der Waals surface area contributed by atoms with Gasteiger partial charge in [0.1, 0.15) is 11.4 Å². The van der Waals surface area contributed by atoms with E-state index < -0.39 is 5.91 Å². The Bertz CT molecular complexity index is 2320. The maximum Gasteiger partial charge on any atom is 0.276 e. The predicted octanol–water partition coefficient (Wildman–Crippen LogP) is 4.68. The number of para-hydroxylation sites is 1. The molecule has 52 heavy (non-hydrogen) atoms. The number of nitrogens with zero attached hydrogens (tertiary/aromatic N) is 8. The van der Waals surface area contributed by atoms with Crippen molar-refractivity contribution in [2.24, 2.45) is 11.5 Å². The number of hydrogen-bond acceptors (Lipinski definition) is 8. The quantitative estimate of drug-likeness (QED) is 0.203. The van der Waals surface area contributed by atoms with E-state index in [1.165, 1.54) is 0 Å². The van der Waals surface area contributed by atoms with Crippen molar-refractivity contribution < 1.29 is 14.4 Å². The van der Waals surface area contributed by atoms with Crippen molar-refractivity contribution in [3.8, 4) is 0 Å². The number of primary amides is 1. The standard InChI is InChI=1S/C37H44N12O3/c1-4-48-32-26(23(3)45-48)12-6-5-7-18-49-30(19-22(2)44-49)34(51)42-37-41-31-25(21-38)11-10-13-29(31)47(37)17-9-8-16-46-28-15-14-24(33(39)50)20-27(28)40-36(46)43-35(32)52/h10-11,13-15,19-20H,4-9,12,16-18,21,38H2,1-3H3,(H2,39,50)(H,40,43,52)(H,41,42,51). The first-order valence-electron chi connectivity index (χ1n) is 17.9. The molecular formula is C37H44N12O3. The number of carbonyl (C=O) groups is 3. The van der Waals surface area contributed by atoms with E-state index in [0.717, 1.165) is 58.3 Å². The molecule has 0 saturated heterocycles. The predicted molar refractivity (Wildman–Crippen MR) is 198 cm³/mol. The number of aromatic nitrogens is 8. The van der Waals surface area contributed by atoms with Crippen LogP contribution in [0.3, 0.4) is 0 Å². The Hall–Kier alpha value is -5.83. The number of nitrogens with two attached hydrogens (primary N) is 2. The van der Waals surface area contributed by atoms with E-state index in [0.29, 0.717) is 86.4 Å². The molecule has 1 aliphatic rings. The zero-order chi connectivity index (χ0) is 36.5. The van der Waals surface area contributed by atoms with Gasteiger partial charge in [-0.2, -0.15) is 10.2 Å². The molecule has 0 unspecified atom stereocenters. The molecule has 0 atom stereocenters. The average molecular weight is 705 g/mol. The lowest BCUT2D eigenvalue weighted by atomic mass is 10.0. The Kier molecular flexibility index (Phi) is 9.60. The van der Waals surface area contributed by atoms with Crippen molar-refractivity contribution in [3.63, 3.8) is 0 Å². The van der Waals surface area contributed by atoms with Crippen LogP contribution in [0.25, 0.3) is 22.1 Å². The number of aryl methyl sites for hydroxylation is 6. The van der Waals surface area contributed by atoms with Crippen LogP contribution >= 0.6 is 0 Å². The summed E-state index contributed by atoms with van der Waals surface area (Å²) >= 11 is 0. The van der Waals surface area contributed by atoms with Crippen LogP contribution < -0.4 is 22.1 Å². The molecule has 0 aliphatic carbocycles. The minimum atomic E-state index is -0.554. The highest BCUT2D eigenvalue weighted by atomic mass is 16.2. The lowest BCUT2D eigenvalue weighted by Crippen LogP contribution is -2.21. The van der Waals surface area contributed by atoms with Gasteiger partial charge in [0.25, 0.3) is 11.8 Å². The molecule has 5 heterocycles. The van der Waals surface area contributed by atoms with E-state index in [9.17, 15) is 14.4 Å². The van der Waals surface area contributed by atoms with E-state index in [4.69, 9.17) is 26.5 Å². The number of hydrogen-bond donors (Lipinski definition) is 4. The fourth-order valence-electron chi connectivity index (χ4n) is 7.20. The molecule has 2 aromatic carbocycles. The minimum Gasteiger partial charge on any atom is -0.366 e. The van der Waals surface area contributed by atoms with Crippen LogP contribution in [0, 0.1) is 13.8 Å². The Labute approximate surface area is 300 Å². The highest BCUT2D eigenvalue weighted by molar-refractivity contribution is 6.05. The second-order valence-corrected chi connectivity index (χ2v) is 13.3. The van der Waals surface area contributed by atoms with Crippen molar-refractivity contribution in [3.05, 3.63) is 81.9 Å². The molecular weight excluding hydrogens is 660 g/mol. The zero-order valence-corrected chi connectivity index (χ0v) is 29.8. The molecule has 4 aromatic heterocycles. The third-order valence-electron chi connectivity index (χ3n) is 9.78. The lowest BCUT2D eigenvalue weighted by Gasteiger charge is -2.13. The summed E-state index contributed by atoms with van der Waals surface area (Å²) in [6, 6.07) is 12.8. The van der Waals surface area contributed by atoms with Crippen LogP contribution in [0.2, 0.25) is 0 Å². The molecule has 0 bridgehead atoms. The normalized spacial score (nSPS) is 14.9. The Balaban J connectivity index is 1.28. The average Bonchev–Trinajstić information content (AvgIpc) is 3.87. The van der Waals surface area contributed by atoms with Gasteiger partial charge >= 0.3 is 0 Å². The summed E-state index contributed by atoms with van der Waals surface area (Å²) in [6.45, 7) is 8.26. The molecule has 6 N–H and O–H groups in total. The highest BCUT2D eigenvalue weighted by Crippen LogP contribution is 2.27. The molecule has 0 spiro atoms. The van der Waals surface area contributed by atoms with Crippen LogP contribution in [-0.2, 0) is 39.1 Å². The first-order chi connectivity index (χ1) is 25.2.